The first kappa shape index (κ1) is 19.8. The zero-order valence-electron chi connectivity index (χ0n) is 16.4. The lowest BCUT2D eigenvalue weighted by atomic mass is 9.86. The molecule has 1 unspecified atom stereocenters. The number of benzene rings is 1. The molecule has 0 saturated heterocycles. The summed E-state index contributed by atoms with van der Waals surface area (Å²) in [7, 11) is 0. The van der Waals surface area contributed by atoms with E-state index in [4.69, 9.17) is 4.74 Å². The predicted molar refractivity (Wildman–Crippen MR) is 105 cm³/mol. The van der Waals surface area contributed by atoms with Gasteiger partial charge in [0.05, 0.1) is 0 Å². The second-order valence-electron chi connectivity index (χ2n) is 8.26. The van der Waals surface area contributed by atoms with Gasteiger partial charge >= 0.3 is 5.97 Å². The average Bonchev–Trinajstić information content (AvgIpc) is 2.94. The van der Waals surface area contributed by atoms with Crippen LogP contribution in [-0.2, 0) is 14.9 Å². The fraction of sp³-hybridized carbons (Fsp3) is 0.609. The van der Waals surface area contributed by atoms with Crippen LogP contribution in [0.4, 0.5) is 0 Å². The number of carbonyl (C=O) groups is 1. The van der Waals surface area contributed by atoms with Crippen LogP contribution in [-0.4, -0.2) is 5.97 Å². The maximum absolute atomic E-state index is 12.1. The van der Waals surface area contributed by atoms with Crippen molar-refractivity contribution in [2.75, 3.05) is 0 Å². The molecule has 0 saturated carbocycles. The highest BCUT2D eigenvalue weighted by atomic mass is 16.5. The summed E-state index contributed by atoms with van der Waals surface area (Å²) in [6.07, 6.45) is 11.5. The molecular weight excluding hydrogens is 308 g/mol. The van der Waals surface area contributed by atoms with E-state index in [1.807, 2.05) is 6.08 Å². The molecule has 1 heterocycles. The molecule has 0 radical (unpaired) electrons. The van der Waals surface area contributed by atoms with E-state index in [0.717, 1.165) is 24.0 Å². The zero-order valence-corrected chi connectivity index (χ0v) is 16.4. The Morgan fingerprint density at radius 3 is 2.12 bits per heavy atom. The maximum atomic E-state index is 12.1. The Hall–Kier alpha value is -1.57. The highest BCUT2D eigenvalue weighted by Crippen LogP contribution is 2.31. The molecule has 1 aliphatic rings. The number of cyclic esters (lactones) is 1. The van der Waals surface area contributed by atoms with E-state index in [-0.39, 0.29) is 17.5 Å². The van der Waals surface area contributed by atoms with Crippen molar-refractivity contribution in [1.82, 2.24) is 0 Å². The van der Waals surface area contributed by atoms with Gasteiger partial charge in [-0.3, -0.25) is 0 Å². The molecule has 1 aromatic carbocycles. The molecule has 0 amide bonds. The summed E-state index contributed by atoms with van der Waals surface area (Å²) in [5.41, 5.74) is 3.37. The van der Waals surface area contributed by atoms with Crippen molar-refractivity contribution < 1.29 is 9.53 Å². The van der Waals surface area contributed by atoms with Gasteiger partial charge < -0.3 is 4.74 Å². The van der Waals surface area contributed by atoms with Gasteiger partial charge in [-0.1, -0.05) is 90.5 Å². The molecule has 0 aliphatic carbocycles. The molecule has 138 valence electrons. The molecule has 0 spiro atoms. The number of hydrogen-bond acceptors (Lipinski definition) is 2. The van der Waals surface area contributed by atoms with E-state index in [0.29, 0.717) is 0 Å². The van der Waals surface area contributed by atoms with Crippen LogP contribution in [0.25, 0.3) is 0 Å². The average molecular weight is 343 g/mol. The Morgan fingerprint density at radius 1 is 0.920 bits per heavy atom. The number of hydrogen-bond donors (Lipinski definition) is 0. The second-order valence-corrected chi connectivity index (χ2v) is 8.26. The molecule has 1 aliphatic heterocycles. The standard InChI is InChI=1S/C23H34O2/c1-5-6-7-8-9-10-11-12-19-17-21(25-22(19)24)18-13-15-20(16-14-18)23(2,3)4/h13-17,21H,5-12H2,1-4H3. The van der Waals surface area contributed by atoms with Gasteiger partial charge in [0.2, 0.25) is 0 Å². The molecule has 25 heavy (non-hydrogen) atoms. The summed E-state index contributed by atoms with van der Waals surface area (Å²) in [6.45, 7) is 8.86. The van der Waals surface area contributed by atoms with E-state index >= 15 is 0 Å². The Bertz CT molecular complexity index is 575. The topological polar surface area (TPSA) is 26.3 Å². The van der Waals surface area contributed by atoms with Crippen LogP contribution in [0.2, 0.25) is 0 Å². The van der Waals surface area contributed by atoms with E-state index in [9.17, 15) is 4.79 Å². The van der Waals surface area contributed by atoms with Crippen LogP contribution in [0.1, 0.15) is 96.3 Å². The van der Waals surface area contributed by atoms with Gasteiger partial charge in [0, 0.05) is 5.57 Å². The summed E-state index contributed by atoms with van der Waals surface area (Å²) in [4.78, 5) is 12.1. The first-order valence-corrected chi connectivity index (χ1v) is 9.94. The number of carbonyl (C=O) groups excluding carboxylic acids is 1. The summed E-state index contributed by atoms with van der Waals surface area (Å²) in [5, 5.41) is 0. The first-order chi connectivity index (χ1) is 11.9. The molecule has 2 rings (SSSR count). The third-order valence-electron chi connectivity index (χ3n) is 5.00. The van der Waals surface area contributed by atoms with Crippen LogP contribution < -0.4 is 0 Å². The minimum atomic E-state index is -0.207. The van der Waals surface area contributed by atoms with Crippen molar-refractivity contribution >= 4 is 5.97 Å². The molecule has 0 aromatic heterocycles. The van der Waals surface area contributed by atoms with Crippen LogP contribution in [0.5, 0.6) is 0 Å². The highest BCUT2D eigenvalue weighted by molar-refractivity contribution is 5.91. The molecule has 2 heteroatoms. The summed E-state index contributed by atoms with van der Waals surface area (Å²) in [6, 6.07) is 8.47. The fourth-order valence-corrected chi connectivity index (χ4v) is 3.27. The number of unbranched alkanes of at least 4 members (excludes halogenated alkanes) is 6. The molecule has 0 N–H and O–H groups in total. The number of esters is 1. The first-order valence-electron chi connectivity index (χ1n) is 9.94. The van der Waals surface area contributed by atoms with Crippen LogP contribution in [0, 0.1) is 0 Å². The summed E-state index contributed by atoms with van der Waals surface area (Å²) < 4.78 is 5.56. The molecule has 0 fully saturated rings. The minimum absolute atomic E-state index is 0.129. The van der Waals surface area contributed by atoms with Crippen LogP contribution in [0.3, 0.4) is 0 Å². The monoisotopic (exact) mass is 342 g/mol. The van der Waals surface area contributed by atoms with Crippen molar-refractivity contribution in [2.45, 2.75) is 90.6 Å². The van der Waals surface area contributed by atoms with E-state index in [1.165, 1.54) is 44.1 Å². The zero-order chi connectivity index (χ0) is 18.3. The Kier molecular flexibility index (Phi) is 7.28. The van der Waals surface area contributed by atoms with Crippen molar-refractivity contribution in [3.63, 3.8) is 0 Å². The lowest BCUT2D eigenvalue weighted by Gasteiger charge is -2.19. The van der Waals surface area contributed by atoms with Gasteiger partial charge in [-0.15, -0.1) is 0 Å². The van der Waals surface area contributed by atoms with Gasteiger partial charge in [-0.2, -0.15) is 0 Å². The Morgan fingerprint density at radius 2 is 1.52 bits per heavy atom. The normalized spacial score (nSPS) is 17.5. The quantitative estimate of drug-likeness (QED) is 0.371. The Balaban J connectivity index is 1.83. The number of ether oxygens (including phenoxy) is 1. The maximum Gasteiger partial charge on any atom is 0.334 e. The lowest BCUT2D eigenvalue weighted by Crippen LogP contribution is -2.11. The molecule has 1 atom stereocenters. The van der Waals surface area contributed by atoms with Crippen molar-refractivity contribution in [3.8, 4) is 0 Å². The van der Waals surface area contributed by atoms with Crippen molar-refractivity contribution in [3.05, 3.63) is 47.0 Å². The van der Waals surface area contributed by atoms with Gasteiger partial charge in [0.1, 0.15) is 6.10 Å². The SMILES string of the molecule is CCCCCCCCCC1=CC(c2ccc(C(C)(C)C)cc2)OC1=O. The highest BCUT2D eigenvalue weighted by Gasteiger charge is 2.26. The fourth-order valence-electron chi connectivity index (χ4n) is 3.27. The molecule has 1 aromatic rings. The molecule has 2 nitrogen and oxygen atoms in total. The molecule has 0 bridgehead atoms. The Labute approximate surface area is 153 Å². The summed E-state index contributed by atoms with van der Waals surface area (Å²) >= 11 is 0. The predicted octanol–water partition coefficient (Wildman–Crippen LogP) is 6.65. The second kappa shape index (κ2) is 9.22. The smallest absolute Gasteiger partial charge is 0.334 e. The van der Waals surface area contributed by atoms with Gasteiger partial charge in [0.15, 0.2) is 0 Å². The van der Waals surface area contributed by atoms with E-state index in [1.54, 1.807) is 0 Å². The minimum Gasteiger partial charge on any atom is -0.450 e. The van der Waals surface area contributed by atoms with Crippen LogP contribution in [0.15, 0.2) is 35.9 Å². The summed E-state index contributed by atoms with van der Waals surface area (Å²) in [5.74, 6) is -0.129. The lowest BCUT2D eigenvalue weighted by molar-refractivity contribution is -0.140. The third-order valence-corrected chi connectivity index (χ3v) is 5.00. The number of rotatable bonds is 9. The largest absolute Gasteiger partial charge is 0.450 e. The van der Waals surface area contributed by atoms with Gasteiger partial charge in [0.25, 0.3) is 0 Å². The van der Waals surface area contributed by atoms with Gasteiger partial charge in [-0.05, 0) is 35.5 Å². The van der Waals surface area contributed by atoms with E-state index in [2.05, 4.69) is 52.0 Å². The van der Waals surface area contributed by atoms with Crippen LogP contribution >= 0.6 is 0 Å². The molecular formula is C23H34O2. The van der Waals surface area contributed by atoms with Crippen molar-refractivity contribution in [2.24, 2.45) is 0 Å². The van der Waals surface area contributed by atoms with E-state index < -0.39 is 0 Å². The van der Waals surface area contributed by atoms with Gasteiger partial charge in [-0.25, -0.2) is 4.79 Å². The van der Waals surface area contributed by atoms with Crippen molar-refractivity contribution in [1.29, 1.82) is 0 Å². The third kappa shape index (κ3) is 6.02.